The maximum atomic E-state index is 12.9. The zero-order chi connectivity index (χ0) is 23.3. The Morgan fingerprint density at radius 3 is 2.19 bits per heavy atom. The molecule has 1 N–H and O–H groups in total. The van der Waals surface area contributed by atoms with E-state index in [1.54, 1.807) is 17.0 Å². The van der Waals surface area contributed by atoms with Gasteiger partial charge in [0.05, 0.1) is 12.5 Å². The van der Waals surface area contributed by atoms with Crippen LogP contribution in [-0.2, 0) is 14.4 Å². The lowest BCUT2D eigenvalue weighted by molar-refractivity contribution is -0.137. The Morgan fingerprint density at radius 2 is 1.66 bits per heavy atom. The van der Waals surface area contributed by atoms with Gasteiger partial charge in [0, 0.05) is 37.6 Å². The van der Waals surface area contributed by atoms with Gasteiger partial charge in [0.15, 0.2) is 6.61 Å². The molecule has 0 aromatic heterocycles. The average molecular weight is 446 g/mol. The second kappa shape index (κ2) is 10.2. The number of benzene rings is 1. The lowest BCUT2D eigenvalue weighted by Gasteiger charge is -2.35. The summed E-state index contributed by atoms with van der Waals surface area (Å²) in [4.78, 5) is 41.1. The Labute approximate surface area is 190 Å². The lowest BCUT2D eigenvalue weighted by atomic mass is 10.0. The highest BCUT2D eigenvalue weighted by Crippen LogP contribution is 2.28. The van der Waals surface area contributed by atoms with Gasteiger partial charge in [-0.1, -0.05) is 0 Å². The first-order valence-electron chi connectivity index (χ1n) is 11.4. The number of hydrogen-bond donors (Lipinski definition) is 1. The first-order chi connectivity index (χ1) is 15.2. The molecule has 2 heterocycles. The highest BCUT2D eigenvalue weighted by Gasteiger charge is 2.41. The average Bonchev–Trinajstić information content (AvgIpc) is 3.16. The second-order valence-corrected chi connectivity index (χ2v) is 9.44. The summed E-state index contributed by atoms with van der Waals surface area (Å²) in [5.74, 6) is 1.03. The van der Waals surface area contributed by atoms with Gasteiger partial charge in [-0.25, -0.2) is 0 Å². The fourth-order valence-electron chi connectivity index (χ4n) is 4.24. The molecule has 0 spiro atoms. The second-order valence-electron chi connectivity index (χ2n) is 9.44. The van der Waals surface area contributed by atoms with Crippen molar-refractivity contribution in [3.05, 3.63) is 24.3 Å². The van der Waals surface area contributed by atoms with Crippen molar-refractivity contribution in [3.63, 3.8) is 0 Å². The first-order valence-corrected chi connectivity index (χ1v) is 11.4. The molecular weight excluding hydrogens is 410 g/mol. The molecule has 1 aromatic carbocycles. The van der Waals surface area contributed by atoms with E-state index in [0.717, 1.165) is 5.75 Å². The van der Waals surface area contributed by atoms with E-state index in [0.29, 0.717) is 44.8 Å². The minimum atomic E-state index is -0.268. The largest absolute Gasteiger partial charge is 0.494 e. The van der Waals surface area contributed by atoms with Crippen molar-refractivity contribution in [3.8, 4) is 11.5 Å². The number of amides is 3. The molecule has 32 heavy (non-hydrogen) atoms. The van der Waals surface area contributed by atoms with E-state index in [9.17, 15) is 14.4 Å². The maximum Gasteiger partial charge on any atom is 0.258 e. The Balaban J connectivity index is 1.39. The molecule has 0 aliphatic carbocycles. The minimum Gasteiger partial charge on any atom is -0.494 e. The van der Waals surface area contributed by atoms with Crippen LogP contribution < -0.4 is 14.8 Å². The van der Waals surface area contributed by atoms with E-state index in [1.165, 1.54) is 0 Å². The van der Waals surface area contributed by atoms with Crippen molar-refractivity contribution in [2.75, 3.05) is 32.8 Å². The van der Waals surface area contributed by atoms with Crippen molar-refractivity contribution in [1.82, 2.24) is 15.1 Å². The number of likely N-dealkylation sites (tertiary alicyclic amines) is 2. The summed E-state index contributed by atoms with van der Waals surface area (Å²) in [5.41, 5.74) is -0.267. The van der Waals surface area contributed by atoms with Crippen LogP contribution in [0.5, 0.6) is 11.5 Å². The molecule has 2 aliphatic rings. The minimum absolute atomic E-state index is 0.0202. The summed E-state index contributed by atoms with van der Waals surface area (Å²) in [6.45, 7) is 10.1. The van der Waals surface area contributed by atoms with E-state index in [4.69, 9.17) is 9.47 Å². The smallest absolute Gasteiger partial charge is 0.258 e. The van der Waals surface area contributed by atoms with Crippen LogP contribution in [0.25, 0.3) is 0 Å². The molecule has 3 rings (SSSR count). The molecule has 1 aromatic rings. The topological polar surface area (TPSA) is 88.2 Å². The zero-order valence-corrected chi connectivity index (χ0v) is 19.6. The van der Waals surface area contributed by atoms with Crippen molar-refractivity contribution in [2.45, 2.75) is 58.5 Å². The van der Waals surface area contributed by atoms with Gasteiger partial charge in [0.25, 0.3) is 5.91 Å². The molecule has 176 valence electrons. The van der Waals surface area contributed by atoms with Crippen molar-refractivity contribution < 1.29 is 23.9 Å². The number of carbonyl (C=O) groups is 3. The normalized spacial score (nSPS) is 19.8. The first kappa shape index (κ1) is 23.9. The molecule has 0 bridgehead atoms. The maximum absolute atomic E-state index is 12.9. The number of carbonyl (C=O) groups excluding carboxylic acids is 3. The highest BCUT2D eigenvalue weighted by atomic mass is 16.5. The fraction of sp³-hybridized carbons (Fsp3) is 0.625. The van der Waals surface area contributed by atoms with Crippen LogP contribution in [0.15, 0.2) is 24.3 Å². The summed E-state index contributed by atoms with van der Waals surface area (Å²) >= 11 is 0. The molecule has 2 saturated heterocycles. The van der Waals surface area contributed by atoms with Gasteiger partial charge in [-0.2, -0.15) is 0 Å². The molecule has 1 atom stereocenters. The third-order valence-corrected chi connectivity index (χ3v) is 5.96. The number of nitrogens with zero attached hydrogens (tertiary/aromatic N) is 2. The number of piperidine rings is 1. The van der Waals surface area contributed by atoms with E-state index >= 15 is 0 Å². The lowest BCUT2D eigenvalue weighted by Crippen LogP contribution is -2.49. The number of nitrogens with one attached hydrogen (secondary N) is 1. The van der Waals surface area contributed by atoms with E-state index in [2.05, 4.69) is 5.32 Å². The van der Waals surface area contributed by atoms with E-state index in [1.807, 2.05) is 44.7 Å². The molecule has 8 heteroatoms. The van der Waals surface area contributed by atoms with Crippen LogP contribution in [0.1, 0.15) is 47.0 Å². The Morgan fingerprint density at radius 1 is 1.06 bits per heavy atom. The Kier molecular flexibility index (Phi) is 7.64. The number of rotatable bonds is 7. The Hall–Kier alpha value is -2.77. The van der Waals surface area contributed by atoms with Gasteiger partial charge >= 0.3 is 0 Å². The van der Waals surface area contributed by atoms with E-state index < -0.39 is 0 Å². The summed E-state index contributed by atoms with van der Waals surface area (Å²) in [6, 6.07) is 7.18. The quantitative estimate of drug-likeness (QED) is 0.695. The summed E-state index contributed by atoms with van der Waals surface area (Å²) in [6.07, 6.45) is 1.68. The van der Waals surface area contributed by atoms with Crippen LogP contribution >= 0.6 is 0 Å². The summed E-state index contributed by atoms with van der Waals surface area (Å²) in [7, 11) is 0. The van der Waals surface area contributed by atoms with Gasteiger partial charge in [0.1, 0.15) is 11.5 Å². The van der Waals surface area contributed by atoms with Crippen molar-refractivity contribution >= 4 is 17.7 Å². The molecule has 0 saturated carbocycles. The molecule has 1 unspecified atom stereocenters. The molecule has 8 nitrogen and oxygen atoms in total. The van der Waals surface area contributed by atoms with Crippen LogP contribution in [0.2, 0.25) is 0 Å². The van der Waals surface area contributed by atoms with Crippen molar-refractivity contribution in [2.24, 2.45) is 5.92 Å². The molecule has 2 fully saturated rings. The number of ether oxygens (including phenoxy) is 2. The molecule has 0 radical (unpaired) electrons. The molecule has 3 amide bonds. The van der Waals surface area contributed by atoms with Crippen molar-refractivity contribution in [1.29, 1.82) is 0 Å². The highest BCUT2D eigenvalue weighted by molar-refractivity contribution is 5.89. The summed E-state index contributed by atoms with van der Waals surface area (Å²) in [5, 5.41) is 2.99. The van der Waals surface area contributed by atoms with Gasteiger partial charge < -0.3 is 24.6 Å². The number of hydrogen-bond acceptors (Lipinski definition) is 5. The zero-order valence-electron chi connectivity index (χ0n) is 19.6. The van der Waals surface area contributed by atoms with Gasteiger partial charge in [0.2, 0.25) is 11.8 Å². The van der Waals surface area contributed by atoms with Gasteiger partial charge in [-0.05, 0) is 64.8 Å². The van der Waals surface area contributed by atoms with Crippen LogP contribution in [0.3, 0.4) is 0 Å². The van der Waals surface area contributed by atoms with Crippen LogP contribution in [0, 0.1) is 5.92 Å². The van der Waals surface area contributed by atoms with Gasteiger partial charge in [-0.15, -0.1) is 0 Å². The SMILES string of the molecule is CCOc1ccc(OCC(=O)NC2CCN(C(=O)C3CC(=O)N(C(C)(C)C)C3)CC2)cc1. The van der Waals surface area contributed by atoms with Crippen LogP contribution in [0.4, 0.5) is 0 Å². The predicted octanol–water partition coefficient (Wildman–Crippen LogP) is 2.22. The predicted molar refractivity (Wildman–Crippen MR) is 120 cm³/mol. The van der Waals surface area contributed by atoms with Gasteiger partial charge in [-0.3, -0.25) is 14.4 Å². The fourth-order valence-corrected chi connectivity index (χ4v) is 4.24. The third kappa shape index (κ3) is 6.14. The van der Waals surface area contributed by atoms with E-state index in [-0.39, 0.29) is 48.2 Å². The van der Waals surface area contributed by atoms with Crippen LogP contribution in [-0.4, -0.2) is 72.0 Å². The Bertz CT molecular complexity index is 810. The molecule has 2 aliphatic heterocycles. The monoisotopic (exact) mass is 445 g/mol. The molecular formula is C24H35N3O5. The standard InChI is InChI=1S/C24H35N3O5/c1-5-31-19-6-8-20(9-7-19)32-16-21(28)25-18-10-12-26(13-11-18)23(30)17-14-22(29)27(15-17)24(2,3)4/h6-9,17-18H,5,10-16H2,1-4H3,(H,25,28). The summed E-state index contributed by atoms with van der Waals surface area (Å²) < 4.78 is 10.9. The third-order valence-electron chi connectivity index (χ3n) is 5.96.